The molecule has 1 amide bonds. The van der Waals surface area contributed by atoms with Crippen LogP contribution in [0, 0.1) is 0 Å². The number of amides is 1. The lowest BCUT2D eigenvalue weighted by Gasteiger charge is -2.18. The summed E-state index contributed by atoms with van der Waals surface area (Å²) in [6.07, 6.45) is 1.65. The highest BCUT2D eigenvalue weighted by molar-refractivity contribution is 7.89. The molecular formula is C21H28N2O3S. The zero-order chi connectivity index (χ0) is 20.0. The number of sulfonamides is 1. The van der Waals surface area contributed by atoms with Gasteiger partial charge in [0.05, 0.1) is 4.90 Å². The van der Waals surface area contributed by atoms with Crippen LogP contribution < -0.4 is 5.32 Å². The molecular weight excluding hydrogens is 360 g/mol. The number of benzene rings is 2. The highest BCUT2D eigenvalue weighted by Gasteiger charge is 2.22. The van der Waals surface area contributed by atoms with Gasteiger partial charge in [-0.15, -0.1) is 0 Å². The van der Waals surface area contributed by atoms with E-state index in [4.69, 9.17) is 0 Å². The predicted octanol–water partition coefficient (Wildman–Crippen LogP) is 4.09. The van der Waals surface area contributed by atoms with E-state index in [1.807, 2.05) is 18.2 Å². The molecule has 0 aliphatic carbocycles. The largest absolute Gasteiger partial charge is 0.321 e. The molecule has 2 aromatic rings. The molecule has 0 radical (unpaired) electrons. The molecule has 146 valence electrons. The summed E-state index contributed by atoms with van der Waals surface area (Å²) in [5, 5.41) is 3.00. The molecule has 0 saturated carbocycles. The Kier molecular flexibility index (Phi) is 7.16. The fourth-order valence-electron chi connectivity index (χ4n) is 3.08. The molecule has 6 heteroatoms. The molecule has 0 spiro atoms. The van der Waals surface area contributed by atoms with E-state index >= 15 is 0 Å². The van der Waals surface area contributed by atoms with Crippen LogP contribution in [-0.4, -0.2) is 31.7 Å². The standard InChI is InChI=1S/C21H28N2O3S/c1-5-16-10-9-11-17(6-2)20(16)22-21(24)18-12-14-19(15-13-18)27(25,26)23(7-3)8-4/h9-15H,5-8H2,1-4H3,(H,22,24). The Hall–Kier alpha value is -2.18. The number of hydrogen-bond donors (Lipinski definition) is 1. The van der Waals surface area contributed by atoms with Crippen molar-refractivity contribution in [1.29, 1.82) is 0 Å². The first-order chi connectivity index (χ1) is 12.9. The Labute approximate surface area is 162 Å². The molecule has 0 aliphatic rings. The summed E-state index contributed by atoms with van der Waals surface area (Å²) in [5.41, 5.74) is 3.46. The summed E-state index contributed by atoms with van der Waals surface area (Å²) < 4.78 is 26.5. The fourth-order valence-corrected chi connectivity index (χ4v) is 4.54. The number of carbonyl (C=O) groups excluding carboxylic acids is 1. The second-order valence-corrected chi connectivity index (χ2v) is 8.16. The van der Waals surface area contributed by atoms with Gasteiger partial charge in [-0.3, -0.25) is 4.79 Å². The van der Waals surface area contributed by atoms with Gasteiger partial charge in [-0.2, -0.15) is 4.31 Å². The molecule has 0 aromatic heterocycles. The molecule has 0 heterocycles. The van der Waals surface area contributed by atoms with Gasteiger partial charge in [0.25, 0.3) is 5.91 Å². The van der Waals surface area contributed by atoms with Crippen LogP contribution in [0.15, 0.2) is 47.4 Å². The van der Waals surface area contributed by atoms with E-state index in [0.717, 1.165) is 29.7 Å². The van der Waals surface area contributed by atoms with Crippen LogP contribution in [-0.2, 0) is 22.9 Å². The van der Waals surface area contributed by atoms with Crippen LogP contribution in [0.1, 0.15) is 49.2 Å². The Balaban J connectivity index is 2.27. The van der Waals surface area contributed by atoms with Crippen molar-refractivity contribution in [2.45, 2.75) is 45.4 Å². The highest BCUT2D eigenvalue weighted by atomic mass is 32.2. The number of nitrogens with one attached hydrogen (secondary N) is 1. The average molecular weight is 389 g/mol. The Morgan fingerprint density at radius 1 is 0.889 bits per heavy atom. The smallest absolute Gasteiger partial charge is 0.255 e. The molecule has 0 fully saturated rings. The van der Waals surface area contributed by atoms with E-state index < -0.39 is 10.0 Å². The predicted molar refractivity (Wildman–Crippen MR) is 110 cm³/mol. The van der Waals surface area contributed by atoms with Crippen molar-refractivity contribution in [3.05, 3.63) is 59.2 Å². The third-order valence-corrected chi connectivity index (χ3v) is 6.76. The van der Waals surface area contributed by atoms with E-state index in [-0.39, 0.29) is 10.8 Å². The van der Waals surface area contributed by atoms with Crippen molar-refractivity contribution < 1.29 is 13.2 Å². The summed E-state index contributed by atoms with van der Waals surface area (Å²) in [5.74, 6) is -0.239. The monoisotopic (exact) mass is 388 g/mol. The first kappa shape index (κ1) is 21.1. The molecule has 0 unspecified atom stereocenters. The Bertz CT molecular complexity index is 864. The van der Waals surface area contributed by atoms with Crippen molar-refractivity contribution in [3.8, 4) is 0 Å². The number of carbonyl (C=O) groups is 1. The normalized spacial score (nSPS) is 11.6. The van der Waals surface area contributed by atoms with E-state index in [1.54, 1.807) is 26.0 Å². The number of rotatable bonds is 8. The number of aryl methyl sites for hydroxylation is 2. The van der Waals surface area contributed by atoms with Crippen LogP contribution in [0.5, 0.6) is 0 Å². The van der Waals surface area contributed by atoms with Gasteiger partial charge >= 0.3 is 0 Å². The van der Waals surface area contributed by atoms with Gasteiger partial charge in [0.15, 0.2) is 0 Å². The van der Waals surface area contributed by atoms with Crippen molar-refractivity contribution in [1.82, 2.24) is 4.31 Å². The minimum Gasteiger partial charge on any atom is -0.321 e. The lowest BCUT2D eigenvalue weighted by Crippen LogP contribution is -2.30. The summed E-state index contributed by atoms with van der Waals surface area (Å²) in [7, 11) is -3.52. The molecule has 0 saturated heterocycles. The topological polar surface area (TPSA) is 66.5 Å². The summed E-state index contributed by atoms with van der Waals surface area (Å²) in [6.45, 7) is 8.54. The van der Waals surface area contributed by atoms with E-state index in [1.165, 1.54) is 16.4 Å². The van der Waals surface area contributed by atoms with Gasteiger partial charge < -0.3 is 5.32 Å². The SMILES string of the molecule is CCc1cccc(CC)c1NC(=O)c1ccc(S(=O)(=O)N(CC)CC)cc1. The summed E-state index contributed by atoms with van der Waals surface area (Å²) in [6, 6.07) is 12.1. The van der Waals surface area contributed by atoms with Crippen LogP contribution in [0.4, 0.5) is 5.69 Å². The third kappa shape index (κ3) is 4.57. The average Bonchev–Trinajstić information content (AvgIpc) is 2.68. The first-order valence-electron chi connectivity index (χ1n) is 9.41. The summed E-state index contributed by atoms with van der Waals surface area (Å²) in [4.78, 5) is 12.9. The van der Waals surface area contributed by atoms with Crippen LogP contribution in [0.2, 0.25) is 0 Å². The van der Waals surface area contributed by atoms with Crippen molar-refractivity contribution in [3.63, 3.8) is 0 Å². The van der Waals surface area contributed by atoms with Crippen molar-refractivity contribution >= 4 is 21.6 Å². The first-order valence-corrected chi connectivity index (χ1v) is 10.8. The number of hydrogen-bond acceptors (Lipinski definition) is 3. The van der Waals surface area contributed by atoms with Gasteiger partial charge in [-0.25, -0.2) is 8.42 Å². The maximum Gasteiger partial charge on any atom is 0.255 e. The van der Waals surface area contributed by atoms with Gasteiger partial charge in [0.2, 0.25) is 10.0 Å². The summed E-state index contributed by atoms with van der Waals surface area (Å²) >= 11 is 0. The van der Waals surface area contributed by atoms with Crippen LogP contribution in [0.3, 0.4) is 0 Å². The Morgan fingerprint density at radius 3 is 1.85 bits per heavy atom. The molecule has 0 atom stereocenters. The molecule has 5 nitrogen and oxygen atoms in total. The van der Waals surface area contributed by atoms with E-state index in [2.05, 4.69) is 19.2 Å². The van der Waals surface area contributed by atoms with Crippen molar-refractivity contribution in [2.24, 2.45) is 0 Å². The van der Waals surface area contributed by atoms with Gasteiger partial charge in [0.1, 0.15) is 0 Å². The number of nitrogens with zero attached hydrogens (tertiary/aromatic N) is 1. The van der Waals surface area contributed by atoms with E-state index in [0.29, 0.717) is 18.7 Å². The molecule has 1 N–H and O–H groups in total. The molecule has 27 heavy (non-hydrogen) atoms. The zero-order valence-electron chi connectivity index (χ0n) is 16.5. The highest BCUT2D eigenvalue weighted by Crippen LogP contribution is 2.24. The maximum atomic E-state index is 12.7. The van der Waals surface area contributed by atoms with Crippen LogP contribution >= 0.6 is 0 Å². The molecule has 2 rings (SSSR count). The lowest BCUT2D eigenvalue weighted by atomic mass is 10.0. The lowest BCUT2D eigenvalue weighted by molar-refractivity contribution is 0.102. The Morgan fingerprint density at radius 2 is 1.41 bits per heavy atom. The molecule has 2 aromatic carbocycles. The van der Waals surface area contributed by atoms with E-state index in [9.17, 15) is 13.2 Å². The van der Waals surface area contributed by atoms with Crippen LogP contribution in [0.25, 0.3) is 0 Å². The minimum atomic E-state index is -3.52. The fraction of sp³-hybridized carbons (Fsp3) is 0.381. The quantitative estimate of drug-likeness (QED) is 0.740. The van der Waals surface area contributed by atoms with Gasteiger partial charge in [0, 0.05) is 24.3 Å². The van der Waals surface area contributed by atoms with Gasteiger partial charge in [-0.1, -0.05) is 45.9 Å². The third-order valence-electron chi connectivity index (χ3n) is 4.70. The minimum absolute atomic E-state index is 0.200. The second kappa shape index (κ2) is 9.15. The maximum absolute atomic E-state index is 12.7. The molecule has 0 bridgehead atoms. The number of para-hydroxylation sites is 1. The zero-order valence-corrected chi connectivity index (χ0v) is 17.3. The van der Waals surface area contributed by atoms with Gasteiger partial charge in [-0.05, 0) is 48.2 Å². The van der Waals surface area contributed by atoms with Crippen molar-refractivity contribution in [2.75, 3.05) is 18.4 Å². The molecule has 0 aliphatic heterocycles. The second-order valence-electron chi connectivity index (χ2n) is 6.23. The number of anilines is 1.